The van der Waals surface area contributed by atoms with Crippen molar-refractivity contribution in [1.82, 2.24) is 14.6 Å². The van der Waals surface area contributed by atoms with Crippen molar-refractivity contribution in [2.24, 2.45) is 0 Å². The molecule has 0 bridgehead atoms. The third kappa shape index (κ3) is 5.05. The van der Waals surface area contributed by atoms with Crippen LogP contribution in [-0.4, -0.2) is 26.3 Å². The van der Waals surface area contributed by atoms with Crippen LogP contribution in [0.4, 0.5) is 5.69 Å². The molecule has 0 aliphatic rings. The van der Waals surface area contributed by atoms with Crippen LogP contribution in [0.2, 0.25) is 0 Å². The van der Waals surface area contributed by atoms with Gasteiger partial charge in [-0.3, -0.25) is 4.79 Å². The Bertz CT molecular complexity index is 1370. The molecule has 3 aromatic carbocycles. The first-order valence-electron chi connectivity index (χ1n) is 10.4. The number of benzene rings is 3. The minimum Gasteiger partial charge on any atom is -0.457 e. The second-order valence-corrected chi connectivity index (χ2v) is 8.20. The molecule has 162 valence electrons. The minimum absolute atomic E-state index is 0.108. The van der Waals surface area contributed by atoms with Crippen molar-refractivity contribution in [1.29, 1.82) is 0 Å². The molecule has 0 saturated carbocycles. The Morgan fingerprint density at radius 3 is 2.36 bits per heavy atom. The molecule has 0 spiro atoms. The highest BCUT2D eigenvalue weighted by Crippen LogP contribution is 2.26. The first-order chi connectivity index (χ1) is 16.2. The Morgan fingerprint density at radius 2 is 1.61 bits per heavy atom. The quantitative estimate of drug-likeness (QED) is 0.311. The van der Waals surface area contributed by atoms with E-state index in [9.17, 15) is 4.79 Å². The fourth-order valence-corrected chi connectivity index (χ4v) is 4.10. The van der Waals surface area contributed by atoms with Gasteiger partial charge in [-0.25, -0.2) is 9.50 Å². The third-order valence-electron chi connectivity index (χ3n) is 4.88. The summed E-state index contributed by atoms with van der Waals surface area (Å²) in [6, 6.07) is 28.8. The van der Waals surface area contributed by atoms with Gasteiger partial charge in [0.1, 0.15) is 16.5 Å². The van der Waals surface area contributed by atoms with E-state index in [1.165, 1.54) is 11.8 Å². The topological polar surface area (TPSA) is 68.5 Å². The summed E-state index contributed by atoms with van der Waals surface area (Å²) in [4.78, 5) is 17.0. The summed E-state index contributed by atoms with van der Waals surface area (Å²) in [5.41, 5.74) is 3.49. The third-order valence-corrected chi connectivity index (χ3v) is 5.88. The predicted octanol–water partition coefficient (Wildman–Crippen LogP) is 5.92. The summed E-state index contributed by atoms with van der Waals surface area (Å²) in [6.45, 7) is 0. The Labute approximate surface area is 195 Å². The maximum atomic E-state index is 12.5. The number of hydrogen-bond donors (Lipinski definition) is 1. The van der Waals surface area contributed by atoms with E-state index >= 15 is 0 Å². The number of aromatic nitrogens is 3. The molecule has 1 N–H and O–H groups in total. The first kappa shape index (κ1) is 20.8. The number of carbonyl (C=O) groups is 1. The van der Waals surface area contributed by atoms with Gasteiger partial charge in [-0.15, -0.1) is 0 Å². The normalized spacial score (nSPS) is 10.8. The maximum Gasteiger partial charge on any atom is 0.234 e. The molecule has 0 radical (unpaired) electrons. The van der Waals surface area contributed by atoms with Crippen LogP contribution >= 0.6 is 11.8 Å². The number of para-hydroxylation sites is 1. The van der Waals surface area contributed by atoms with Crippen molar-refractivity contribution in [3.63, 3.8) is 0 Å². The number of thioether (sulfide) groups is 1. The Kier molecular flexibility index (Phi) is 6.04. The van der Waals surface area contributed by atoms with Gasteiger partial charge in [0.15, 0.2) is 0 Å². The van der Waals surface area contributed by atoms with E-state index < -0.39 is 0 Å². The summed E-state index contributed by atoms with van der Waals surface area (Å²) in [6.07, 6.45) is 3.51. The van der Waals surface area contributed by atoms with Gasteiger partial charge in [0, 0.05) is 23.6 Å². The van der Waals surface area contributed by atoms with Gasteiger partial charge in [0.25, 0.3) is 0 Å². The number of hydrogen-bond acceptors (Lipinski definition) is 5. The number of fused-ring (bicyclic) bond motifs is 1. The summed E-state index contributed by atoms with van der Waals surface area (Å²) < 4.78 is 7.58. The van der Waals surface area contributed by atoms with Gasteiger partial charge in [0.2, 0.25) is 5.91 Å². The molecule has 2 heterocycles. The summed E-state index contributed by atoms with van der Waals surface area (Å²) in [5, 5.41) is 8.30. The van der Waals surface area contributed by atoms with Crippen molar-refractivity contribution in [3.8, 4) is 22.8 Å². The van der Waals surface area contributed by atoms with Crippen molar-refractivity contribution >= 4 is 28.9 Å². The molecular formula is C26H20N4O2S. The maximum absolute atomic E-state index is 12.5. The lowest BCUT2D eigenvalue weighted by atomic mass is 10.1. The summed E-state index contributed by atoms with van der Waals surface area (Å²) in [5.74, 6) is 1.60. The van der Waals surface area contributed by atoms with Crippen LogP contribution in [0.1, 0.15) is 0 Å². The van der Waals surface area contributed by atoms with E-state index in [4.69, 9.17) is 4.74 Å². The van der Waals surface area contributed by atoms with Crippen LogP contribution in [0, 0.1) is 0 Å². The number of ether oxygens (including phenoxy) is 1. The number of nitrogens with zero attached hydrogens (tertiary/aromatic N) is 3. The average Bonchev–Trinajstić information content (AvgIpc) is 3.30. The van der Waals surface area contributed by atoms with E-state index in [0.29, 0.717) is 11.4 Å². The molecule has 5 rings (SSSR count). The molecule has 0 fully saturated rings. The van der Waals surface area contributed by atoms with Crippen LogP contribution < -0.4 is 10.1 Å². The van der Waals surface area contributed by atoms with E-state index in [-0.39, 0.29) is 11.7 Å². The predicted molar refractivity (Wildman–Crippen MR) is 131 cm³/mol. The second-order valence-electron chi connectivity index (χ2n) is 7.23. The number of amides is 1. The molecule has 0 saturated heterocycles. The van der Waals surface area contributed by atoms with E-state index in [1.807, 2.05) is 97.2 Å². The van der Waals surface area contributed by atoms with Gasteiger partial charge >= 0.3 is 0 Å². The fraction of sp³-hybridized carbons (Fsp3) is 0.0385. The molecule has 0 aliphatic heterocycles. The SMILES string of the molecule is O=C(CSc1nccn2nc(-c3ccccc3)cc12)Nc1ccc(Oc2ccccc2)cc1. The van der Waals surface area contributed by atoms with Gasteiger partial charge < -0.3 is 10.1 Å². The summed E-state index contributed by atoms with van der Waals surface area (Å²) >= 11 is 1.38. The van der Waals surface area contributed by atoms with E-state index in [2.05, 4.69) is 15.4 Å². The molecule has 7 heteroatoms. The largest absolute Gasteiger partial charge is 0.457 e. The summed E-state index contributed by atoms with van der Waals surface area (Å²) in [7, 11) is 0. The highest BCUT2D eigenvalue weighted by atomic mass is 32.2. The van der Waals surface area contributed by atoms with Gasteiger partial charge in [-0.1, -0.05) is 60.3 Å². The van der Waals surface area contributed by atoms with Crippen molar-refractivity contribution in [2.75, 3.05) is 11.1 Å². The van der Waals surface area contributed by atoms with Gasteiger partial charge in [-0.2, -0.15) is 5.10 Å². The van der Waals surface area contributed by atoms with Crippen LogP contribution in [0.15, 0.2) is 108 Å². The Hall–Kier alpha value is -4.10. The number of nitrogens with one attached hydrogen (secondary N) is 1. The number of rotatable bonds is 7. The highest BCUT2D eigenvalue weighted by molar-refractivity contribution is 8.00. The van der Waals surface area contributed by atoms with Crippen molar-refractivity contribution in [2.45, 2.75) is 5.03 Å². The standard InChI is InChI=1S/C26H20N4O2S/c31-25(28-20-11-13-22(14-12-20)32-21-9-5-2-6-10-21)18-33-26-24-17-23(19-7-3-1-4-8-19)29-30(24)16-15-27-26/h1-17H,18H2,(H,28,31). The molecule has 2 aromatic heterocycles. The first-order valence-corrected chi connectivity index (χ1v) is 11.4. The lowest BCUT2D eigenvalue weighted by Gasteiger charge is -2.08. The van der Waals surface area contributed by atoms with Crippen molar-refractivity contribution < 1.29 is 9.53 Å². The fourth-order valence-electron chi connectivity index (χ4n) is 3.32. The molecule has 33 heavy (non-hydrogen) atoms. The molecule has 0 aliphatic carbocycles. The van der Waals surface area contributed by atoms with E-state index in [0.717, 1.165) is 27.5 Å². The monoisotopic (exact) mass is 452 g/mol. The number of carbonyl (C=O) groups excluding carboxylic acids is 1. The average molecular weight is 453 g/mol. The van der Waals surface area contributed by atoms with E-state index in [1.54, 1.807) is 10.7 Å². The second kappa shape index (κ2) is 9.58. The van der Waals surface area contributed by atoms with Crippen LogP contribution in [-0.2, 0) is 4.79 Å². The molecular weight excluding hydrogens is 432 g/mol. The van der Waals surface area contributed by atoms with Crippen molar-refractivity contribution in [3.05, 3.63) is 103 Å². The van der Waals surface area contributed by atoms with Crippen LogP contribution in [0.5, 0.6) is 11.5 Å². The molecule has 1 amide bonds. The van der Waals surface area contributed by atoms with Gasteiger partial charge in [0.05, 0.1) is 17.0 Å². The molecule has 5 aromatic rings. The lowest BCUT2D eigenvalue weighted by Crippen LogP contribution is -2.14. The zero-order chi connectivity index (χ0) is 22.5. The Morgan fingerprint density at radius 1 is 0.909 bits per heavy atom. The van der Waals surface area contributed by atoms with Crippen LogP contribution in [0.3, 0.4) is 0 Å². The zero-order valence-electron chi connectivity index (χ0n) is 17.6. The Balaban J connectivity index is 1.22. The smallest absolute Gasteiger partial charge is 0.234 e. The van der Waals surface area contributed by atoms with Gasteiger partial charge in [-0.05, 0) is 42.5 Å². The lowest BCUT2D eigenvalue weighted by molar-refractivity contribution is -0.113. The molecule has 0 unspecified atom stereocenters. The number of anilines is 1. The zero-order valence-corrected chi connectivity index (χ0v) is 18.4. The van der Waals surface area contributed by atoms with Crippen LogP contribution in [0.25, 0.3) is 16.8 Å². The molecule has 0 atom stereocenters. The minimum atomic E-state index is -0.108. The molecule has 6 nitrogen and oxygen atoms in total. The highest BCUT2D eigenvalue weighted by Gasteiger charge is 2.11.